The highest BCUT2D eigenvalue weighted by Gasteiger charge is 2.49. The molecule has 1 aromatic heterocycles. The fourth-order valence-corrected chi connectivity index (χ4v) is 2.62. The van der Waals surface area contributed by atoms with Crippen LogP contribution in [0.15, 0.2) is 18.3 Å². The van der Waals surface area contributed by atoms with Gasteiger partial charge in [-0.1, -0.05) is 13.0 Å². The molecule has 0 bridgehead atoms. The van der Waals surface area contributed by atoms with Crippen LogP contribution < -0.4 is 0 Å². The van der Waals surface area contributed by atoms with Gasteiger partial charge in [0.2, 0.25) is 0 Å². The lowest BCUT2D eigenvalue weighted by Gasteiger charge is -2.38. The number of aromatic nitrogens is 1. The number of alkyl halides is 2. The summed E-state index contributed by atoms with van der Waals surface area (Å²) in [6.45, 7) is 3.34. The van der Waals surface area contributed by atoms with Gasteiger partial charge in [0.25, 0.3) is 6.43 Å². The van der Waals surface area contributed by atoms with Gasteiger partial charge in [-0.15, -0.1) is 0 Å². The van der Waals surface area contributed by atoms with Crippen LogP contribution in [-0.4, -0.2) is 40.5 Å². The van der Waals surface area contributed by atoms with Gasteiger partial charge in [0, 0.05) is 12.7 Å². The highest BCUT2D eigenvalue weighted by Crippen LogP contribution is 2.38. The quantitative estimate of drug-likeness (QED) is 0.908. The largest absolute Gasteiger partial charge is 0.481 e. The SMILES string of the molecule is CCc1ccc(CN2CCC(C(=O)O)(C(F)F)CC2)nc1. The van der Waals surface area contributed by atoms with Crippen LogP contribution in [0.2, 0.25) is 0 Å². The number of likely N-dealkylation sites (tertiary alicyclic amines) is 1. The number of piperidine rings is 1. The summed E-state index contributed by atoms with van der Waals surface area (Å²) in [5.74, 6) is -1.39. The molecule has 4 nitrogen and oxygen atoms in total. The molecular formula is C15H20F2N2O2. The minimum atomic E-state index is -2.82. The first-order chi connectivity index (χ1) is 9.98. The van der Waals surface area contributed by atoms with Crippen molar-refractivity contribution in [1.29, 1.82) is 0 Å². The Morgan fingerprint density at radius 2 is 2.10 bits per heavy atom. The van der Waals surface area contributed by atoms with Crippen LogP contribution >= 0.6 is 0 Å². The standard InChI is InChI=1S/C15H20F2N2O2/c1-2-11-3-4-12(18-9-11)10-19-7-5-15(6-8-19,13(16)17)14(20)21/h3-4,9,13H,2,5-8,10H2,1H3,(H,20,21). The molecule has 21 heavy (non-hydrogen) atoms. The number of nitrogens with zero attached hydrogens (tertiary/aromatic N) is 2. The van der Waals surface area contributed by atoms with Gasteiger partial charge in [0.05, 0.1) is 5.69 Å². The zero-order chi connectivity index (χ0) is 15.5. The summed E-state index contributed by atoms with van der Waals surface area (Å²) in [7, 11) is 0. The summed E-state index contributed by atoms with van der Waals surface area (Å²) in [5, 5.41) is 9.08. The van der Waals surface area contributed by atoms with E-state index >= 15 is 0 Å². The van der Waals surface area contributed by atoms with E-state index in [2.05, 4.69) is 11.9 Å². The number of carboxylic acid groups (broad SMARTS) is 1. The second kappa shape index (κ2) is 6.47. The van der Waals surface area contributed by atoms with E-state index < -0.39 is 17.8 Å². The van der Waals surface area contributed by atoms with Gasteiger partial charge in [0.15, 0.2) is 0 Å². The minimum absolute atomic E-state index is 0.0208. The molecule has 6 heteroatoms. The number of halogens is 2. The van der Waals surface area contributed by atoms with Crippen molar-refractivity contribution in [1.82, 2.24) is 9.88 Å². The molecule has 0 atom stereocenters. The molecule has 2 heterocycles. The average molecular weight is 298 g/mol. The van der Waals surface area contributed by atoms with Gasteiger partial charge in [-0.05, 0) is 44.0 Å². The normalized spacial score (nSPS) is 18.9. The fourth-order valence-electron chi connectivity index (χ4n) is 2.62. The van der Waals surface area contributed by atoms with Crippen molar-refractivity contribution in [2.75, 3.05) is 13.1 Å². The maximum Gasteiger partial charge on any atom is 0.315 e. The first kappa shape index (κ1) is 15.8. The molecule has 0 aliphatic carbocycles. The zero-order valence-electron chi connectivity index (χ0n) is 12.1. The monoisotopic (exact) mass is 298 g/mol. The average Bonchev–Trinajstić information content (AvgIpc) is 2.48. The lowest BCUT2D eigenvalue weighted by molar-refractivity contribution is -0.165. The van der Waals surface area contributed by atoms with Crippen molar-refractivity contribution in [2.24, 2.45) is 5.41 Å². The fraction of sp³-hybridized carbons (Fsp3) is 0.600. The van der Waals surface area contributed by atoms with E-state index in [0.717, 1.165) is 17.7 Å². The molecule has 1 fully saturated rings. The Morgan fingerprint density at radius 3 is 2.52 bits per heavy atom. The summed E-state index contributed by atoms with van der Waals surface area (Å²) in [6.07, 6.45) is -0.119. The maximum absolute atomic E-state index is 13.1. The Labute approximate surface area is 122 Å². The smallest absolute Gasteiger partial charge is 0.315 e. The highest BCUT2D eigenvalue weighted by atomic mass is 19.3. The van der Waals surface area contributed by atoms with Gasteiger partial charge >= 0.3 is 5.97 Å². The Hall–Kier alpha value is -1.56. The molecule has 1 aliphatic heterocycles. The molecule has 1 saturated heterocycles. The van der Waals surface area contributed by atoms with Crippen molar-refractivity contribution >= 4 is 5.97 Å². The number of carboxylic acids is 1. The molecule has 0 amide bonds. The summed E-state index contributed by atoms with van der Waals surface area (Å²) in [5.41, 5.74) is 0.155. The lowest BCUT2D eigenvalue weighted by Crippen LogP contribution is -2.48. The van der Waals surface area contributed by atoms with E-state index in [4.69, 9.17) is 5.11 Å². The van der Waals surface area contributed by atoms with Crippen molar-refractivity contribution in [3.63, 3.8) is 0 Å². The highest BCUT2D eigenvalue weighted by molar-refractivity contribution is 5.75. The second-order valence-electron chi connectivity index (χ2n) is 5.55. The summed E-state index contributed by atoms with van der Waals surface area (Å²) >= 11 is 0. The molecule has 0 radical (unpaired) electrons. The van der Waals surface area contributed by atoms with E-state index in [-0.39, 0.29) is 12.8 Å². The topological polar surface area (TPSA) is 53.4 Å². The third kappa shape index (κ3) is 3.37. The van der Waals surface area contributed by atoms with Crippen LogP contribution in [0, 0.1) is 5.41 Å². The van der Waals surface area contributed by atoms with Gasteiger partial charge in [0.1, 0.15) is 5.41 Å². The third-order valence-electron chi connectivity index (χ3n) is 4.27. The maximum atomic E-state index is 13.1. The van der Waals surface area contributed by atoms with E-state index in [0.29, 0.717) is 19.6 Å². The molecule has 0 spiro atoms. The summed E-state index contributed by atoms with van der Waals surface area (Å²) < 4.78 is 26.1. The van der Waals surface area contributed by atoms with Gasteiger partial charge in [-0.2, -0.15) is 0 Å². The number of pyridine rings is 1. The van der Waals surface area contributed by atoms with Crippen LogP contribution in [-0.2, 0) is 17.8 Å². The third-order valence-corrected chi connectivity index (χ3v) is 4.27. The molecule has 0 saturated carbocycles. The lowest BCUT2D eigenvalue weighted by atomic mass is 9.78. The van der Waals surface area contributed by atoms with Crippen molar-refractivity contribution in [3.8, 4) is 0 Å². The summed E-state index contributed by atoms with van der Waals surface area (Å²) in [6, 6.07) is 3.94. The number of aryl methyl sites for hydroxylation is 1. The Balaban J connectivity index is 1.95. The molecule has 2 rings (SSSR count). The van der Waals surface area contributed by atoms with Crippen molar-refractivity contribution in [2.45, 2.75) is 39.2 Å². The molecule has 1 aromatic rings. The summed E-state index contributed by atoms with van der Waals surface area (Å²) in [4.78, 5) is 17.5. The van der Waals surface area contributed by atoms with Crippen LogP contribution in [0.1, 0.15) is 31.0 Å². The number of carbonyl (C=O) groups is 1. The molecular weight excluding hydrogens is 278 g/mol. The van der Waals surface area contributed by atoms with Crippen molar-refractivity contribution in [3.05, 3.63) is 29.6 Å². The molecule has 1 aliphatic rings. The number of hydrogen-bond donors (Lipinski definition) is 1. The first-order valence-corrected chi connectivity index (χ1v) is 7.15. The number of aliphatic carboxylic acids is 1. The van der Waals surface area contributed by atoms with Gasteiger partial charge < -0.3 is 5.11 Å². The van der Waals surface area contributed by atoms with Gasteiger partial charge in [-0.3, -0.25) is 14.7 Å². The van der Waals surface area contributed by atoms with Crippen LogP contribution in [0.4, 0.5) is 8.78 Å². The number of hydrogen-bond acceptors (Lipinski definition) is 3. The van der Waals surface area contributed by atoms with E-state index in [9.17, 15) is 13.6 Å². The molecule has 0 aromatic carbocycles. The van der Waals surface area contributed by atoms with E-state index in [1.807, 2.05) is 23.2 Å². The second-order valence-corrected chi connectivity index (χ2v) is 5.55. The number of rotatable bonds is 5. The van der Waals surface area contributed by atoms with Crippen LogP contribution in [0.25, 0.3) is 0 Å². The first-order valence-electron chi connectivity index (χ1n) is 7.15. The predicted molar refractivity (Wildman–Crippen MR) is 74.2 cm³/mol. The molecule has 1 N–H and O–H groups in total. The molecule has 116 valence electrons. The van der Waals surface area contributed by atoms with E-state index in [1.54, 1.807) is 0 Å². The zero-order valence-corrected chi connectivity index (χ0v) is 12.1. The minimum Gasteiger partial charge on any atom is -0.481 e. The Bertz CT molecular complexity index is 483. The predicted octanol–water partition coefficient (Wildman–Crippen LogP) is 2.58. The van der Waals surface area contributed by atoms with Crippen LogP contribution in [0.3, 0.4) is 0 Å². The van der Waals surface area contributed by atoms with E-state index in [1.165, 1.54) is 0 Å². The Morgan fingerprint density at radius 1 is 1.43 bits per heavy atom. The molecule has 0 unspecified atom stereocenters. The van der Waals surface area contributed by atoms with Crippen LogP contribution in [0.5, 0.6) is 0 Å². The Kier molecular flexibility index (Phi) is 4.88. The van der Waals surface area contributed by atoms with Crippen molar-refractivity contribution < 1.29 is 18.7 Å². The van der Waals surface area contributed by atoms with Gasteiger partial charge in [-0.25, -0.2) is 8.78 Å².